The van der Waals surface area contributed by atoms with Crippen molar-refractivity contribution < 1.29 is 9.59 Å². The third kappa shape index (κ3) is 3.00. The lowest BCUT2D eigenvalue weighted by Crippen LogP contribution is -2.35. The first kappa shape index (κ1) is 15.1. The molecular formula is C16H15ClN2O2S. The zero-order valence-corrected chi connectivity index (χ0v) is 13.6. The van der Waals surface area contributed by atoms with Crippen LogP contribution < -0.4 is 5.32 Å². The monoisotopic (exact) mass is 334 g/mol. The Kier molecular flexibility index (Phi) is 4.18. The molecule has 1 aliphatic rings. The highest BCUT2D eigenvalue weighted by Gasteiger charge is 2.32. The molecular weight excluding hydrogens is 320 g/mol. The van der Waals surface area contributed by atoms with E-state index in [4.69, 9.17) is 11.6 Å². The van der Waals surface area contributed by atoms with E-state index in [-0.39, 0.29) is 18.2 Å². The minimum Gasteiger partial charge on any atom is -0.340 e. The Morgan fingerprint density at radius 3 is 2.86 bits per heavy atom. The summed E-state index contributed by atoms with van der Waals surface area (Å²) in [5, 5.41) is 2.81. The molecule has 0 bridgehead atoms. The number of halogens is 1. The number of para-hydroxylation sites is 1. The zero-order valence-electron chi connectivity index (χ0n) is 12.0. The fraction of sp³-hybridized carbons (Fsp3) is 0.250. The summed E-state index contributed by atoms with van der Waals surface area (Å²) in [5.41, 5.74) is 1.60. The third-order valence-electron chi connectivity index (χ3n) is 3.70. The highest BCUT2D eigenvalue weighted by molar-refractivity contribution is 7.16. The maximum Gasteiger partial charge on any atom is 0.230 e. The van der Waals surface area contributed by atoms with Crippen molar-refractivity contribution in [2.45, 2.75) is 18.9 Å². The van der Waals surface area contributed by atoms with Crippen LogP contribution in [0, 0.1) is 0 Å². The van der Waals surface area contributed by atoms with Gasteiger partial charge >= 0.3 is 0 Å². The predicted molar refractivity (Wildman–Crippen MR) is 88.2 cm³/mol. The number of benzene rings is 1. The second-order valence-electron chi connectivity index (χ2n) is 5.29. The van der Waals surface area contributed by atoms with Crippen molar-refractivity contribution in [3.05, 3.63) is 51.2 Å². The molecule has 1 aliphatic heterocycles. The van der Waals surface area contributed by atoms with Gasteiger partial charge in [-0.05, 0) is 23.8 Å². The highest BCUT2D eigenvalue weighted by atomic mass is 35.5. The van der Waals surface area contributed by atoms with Crippen LogP contribution in [0.5, 0.6) is 0 Å². The van der Waals surface area contributed by atoms with E-state index in [0.717, 1.165) is 16.1 Å². The normalized spacial score (nSPS) is 16.8. The van der Waals surface area contributed by atoms with E-state index in [9.17, 15) is 9.59 Å². The van der Waals surface area contributed by atoms with Crippen molar-refractivity contribution in [2.24, 2.45) is 0 Å². The summed E-state index contributed by atoms with van der Waals surface area (Å²) >= 11 is 7.38. The maximum atomic E-state index is 12.7. The third-order valence-corrected chi connectivity index (χ3v) is 4.91. The number of fused-ring (bicyclic) bond motifs is 1. The van der Waals surface area contributed by atoms with Gasteiger partial charge in [-0.25, -0.2) is 0 Å². The van der Waals surface area contributed by atoms with Gasteiger partial charge in [0, 0.05) is 24.0 Å². The summed E-state index contributed by atoms with van der Waals surface area (Å²) in [6, 6.07) is 11.2. The molecule has 0 radical (unpaired) electrons. The number of carbonyl (C=O) groups is 2. The number of rotatable bonds is 3. The minimum absolute atomic E-state index is 0.0492. The predicted octanol–water partition coefficient (Wildman–Crippen LogP) is 3.49. The number of amides is 2. The van der Waals surface area contributed by atoms with Gasteiger partial charge in [-0.15, -0.1) is 11.3 Å². The van der Waals surface area contributed by atoms with Gasteiger partial charge in [0.2, 0.25) is 11.8 Å². The molecule has 0 saturated heterocycles. The van der Waals surface area contributed by atoms with E-state index < -0.39 is 5.92 Å². The van der Waals surface area contributed by atoms with Crippen LogP contribution >= 0.6 is 22.9 Å². The second-order valence-corrected chi connectivity index (χ2v) is 7.09. The van der Waals surface area contributed by atoms with Crippen molar-refractivity contribution in [1.29, 1.82) is 0 Å². The lowest BCUT2D eigenvalue weighted by atomic mass is 9.89. The van der Waals surface area contributed by atoms with E-state index in [1.165, 1.54) is 11.3 Å². The Hall–Kier alpha value is -1.85. The van der Waals surface area contributed by atoms with Gasteiger partial charge in [0.25, 0.3) is 0 Å². The van der Waals surface area contributed by atoms with Crippen LogP contribution in [0.15, 0.2) is 36.4 Å². The maximum absolute atomic E-state index is 12.7. The number of thiophene rings is 1. The average Bonchev–Trinajstić information content (AvgIpc) is 2.90. The summed E-state index contributed by atoms with van der Waals surface area (Å²) < 4.78 is 0.707. The molecule has 0 unspecified atom stereocenters. The van der Waals surface area contributed by atoms with Gasteiger partial charge in [0.15, 0.2) is 0 Å². The number of likely N-dealkylation sites (N-methyl/N-ethyl adjacent to an activating group) is 1. The molecule has 4 nitrogen and oxygen atoms in total. The molecule has 6 heteroatoms. The molecule has 114 valence electrons. The Morgan fingerprint density at radius 1 is 1.36 bits per heavy atom. The SMILES string of the molecule is CN(Cc1ccc(Cl)s1)C(=O)[C@H]1CC(=O)Nc2ccccc21. The van der Waals surface area contributed by atoms with Crippen LogP contribution in [0.25, 0.3) is 0 Å². The van der Waals surface area contributed by atoms with Gasteiger partial charge in [0.1, 0.15) is 0 Å². The molecule has 1 N–H and O–H groups in total. The van der Waals surface area contributed by atoms with Gasteiger partial charge in [-0.3, -0.25) is 9.59 Å². The number of anilines is 1. The number of hydrogen-bond donors (Lipinski definition) is 1. The van der Waals surface area contributed by atoms with E-state index in [1.807, 2.05) is 36.4 Å². The number of nitrogens with one attached hydrogen (secondary N) is 1. The zero-order chi connectivity index (χ0) is 15.7. The van der Waals surface area contributed by atoms with Crippen LogP contribution in [0.1, 0.15) is 22.8 Å². The van der Waals surface area contributed by atoms with Gasteiger partial charge < -0.3 is 10.2 Å². The van der Waals surface area contributed by atoms with Crippen LogP contribution in [0.4, 0.5) is 5.69 Å². The fourth-order valence-corrected chi connectivity index (χ4v) is 3.79. The molecule has 2 amide bonds. The first-order chi connectivity index (χ1) is 10.5. The van der Waals surface area contributed by atoms with Crippen molar-refractivity contribution >= 4 is 40.4 Å². The highest BCUT2D eigenvalue weighted by Crippen LogP contribution is 2.33. The van der Waals surface area contributed by atoms with Crippen molar-refractivity contribution in [3.8, 4) is 0 Å². The smallest absolute Gasteiger partial charge is 0.230 e. The molecule has 2 heterocycles. The Bertz CT molecular complexity index is 728. The molecule has 0 spiro atoms. The van der Waals surface area contributed by atoms with Crippen molar-refractivity contribution in [1.82, 2.24) is 4.90 Å². The van der Waals surface area contributed by atoms with E-state index in [0.29, 0.717) is 10.9 Å². The molecule has 0 aliphatic carbocycles. The van der Waals surface area contributed by atoms with Gasteiger partial charge in [0.05, 0.1) is 16.8 Å². The minimum atomic E-state index is -0.426. The van der Waals surface area contributed by atoms with Crippen molar-refractivity contribution in [2.75, 3.05) is 12.4 Å². The molecule has 0 fully saturated rings. The van der Waals surface area contributed by atoms with E-state index >= 15 is 0 Å². The van der Waals surface area contributed by atoms with Crippen LogP contribution in [0.3, 0.4) is 0 Å². The van der Waals surface area contributed by atoms with Crippen LogP contribution in [-0.2, 0) is 16.1 Å². The average molecular weight is 335 g/mol. The summed E-state index contributed by atoms with van der Waals surface area (Å²) in [4.78, 5) is 27.2. The van der Waals surface area contributed by atoms with Crippen LogP contribution in [-0.4, -0.2) is 23.8 Å². The molecule has 1 aromatic carbocycles. The Balaban J connectivity index is 1.81. The van der Waals surface area contributed by atoms with E-state index in [1.54, 1.807) is 11.9 Å². The van der Waals surface area contributed by atoms with Crippen LogP contribution in [0.2, 0.25) is 4.34 Å². The molecule has 1 atom stereocenters. The Morgan fingerprint density at radius 2 is 2.14 bits per heavy atom. The largest absolute Gasteiger partial charge is 0.340 e. The summed E-state index contributed by atoms with van der Waals surface area (Å²) in [6.45, 7) is 0.497. The fourth-order valence-electron chi connectivity index (χ4n) is 2.65. The van der Waals surface area contributed by atoms with Crippen molar-refractivity contribution in [3.63, 3.8) is 0 Å². The molecule has 3 rings (SSSR count). The number of hydrogen-bond acceptors (Lipinski definition) is 3. The standard InChI is InChI=1S/C16H15ClN2O2S/c1-19(9-10-6-7-14(17)22-10)16(21)12-8-15(20)18-13-5-3-2-4-11(12)13/h2-7,12H,8-9H2,1H3,(H,18,20)/t12-/m0/s1. The van der Waals surface area contributed by atoms with Gasteiger partial charge in [-0.2, -0.15) is 0 Å². The summed E-state index contributed by atoms with van der Waals surface area (Å²) in [6.07, 6.45) is 0.186. The quantitative estimate of drug-likeness (QED) is 0.934. The molecule has 1 aromatic heterocycles. The van der Waals surface area contributed by atoms with E-state index in [2.05, 4.69) is 5.32 Å². The first-order valence-electron chi connectivity index (χ1n) is 6.92. The summed E-state index contributed by atoms with van der Waals surface area (Å²) in [5.74, 6) is -0.596. The number of carbonyl (C=O) groups excluding carboxylic acids is 2. The topological polar surface area (TPSA) is 49.4 Å². The second kappa shape index (κ2) is 6.10. The lowest BCUT2D eigenvalue weighted by molar-refractivity contribution is -0.134. The van der Waals surface area contributed by atoms with Gasteiger partial charge in [-0.1, -0.05) is 29.8 Å². The number of nitrogens with zero attached hydrogens (tertiary/aromatic N) is 1. The molecule has 22 heavy (non-hydrogen) atoms. The first-order valence-corrected chi connectivity index (χ1v) is 8.12. The molecule has 2 aromatic rings. The Labute approximate surface area is 137 Å². The molecule has 0 saturated carbocycles. The summed E-state index contributed by atoms with van der Waals surface area (Å²) in [7, 11) is 1.76. The lowest BCUT2D eigenvalue weighted by Gasteiger charge is -2.28.